The zero-order chi connectivity index (χ0) is 7.28. The molecule has 0 aromatic carbocycles. The van der Waals surface area contributed by atoms with E-state index in [9.17, 15) is 0 Å². The van der Waals surface area contributed by atoms with E-state index >= 15 is 0 Å². The Labute approximate surface area is 56.1 Å². The van der Waals surface area contributed by atoms with E-state index in [4.69, 9.17) is 9.84 Å². The number of ether oxygens (including phenoxy) is 1. The zero-order valence-electron chi connectivity index (χ0n) is 6.27. The monoisotopic (exact) mass is 130 g/mol. The maximum atomic E-state index is 8.98. The Morgan fingerprint density at radius 1 is 1.44 bits per heavy atom. The summed E-state index contributed by atoms with van der Waals surface area (Å²) in [4.78, 5) is 0. The molecule has 0 aromatic rings. The Balaban J connectivity index is 3.78. The fraction of sp³-hybridized carbons (Fsp3) is 0.714. The normalized spacial score (nSPS) is 12.8. The molecule has 0 amide bonds. The van der Waals surface area contributed by atoms with E-state index < -0.39 is 0 Å². The summed E-state index contributed by atoms with van der Waals surface area (Å²) in [7, 11) is 0. The first-order valence-electron chi connectivity index (χ1n) is 3.23. The van der Waals surface area contributed by atoms with Crippen LogP contribution in [0.3, 0.4) is 0 Å². The van der Waals surface area contributed by atoms with Crippen LogP contribution >= 0.6 is 0 Å². The molecule has 9 heavy (non-hydrogen) atoms. The molecule has 0 aliphatic rings. The number of aliphatic hydroxyl groups is 1. The first-order chi connectivity index (χ1) is 4.22. The van der Waals surface area contributed by atoms with E-state index in [1.807, 2.05) is 20.8 Å². The Hall–Kier alpha value is -0.660. The third-order valence-electron chi connectivity index (χ3n) is 1.18. The SMILES string of the molecule is CCO/C(O)=C(\C)CC. The van der Waals surface area contributed by atoms with Crippen LogP contribution in [-0.4, -0.2) is 11.7 Å². The highest BCUT2D eigenvalue weighted by atomic mass is 16.6. The average molecular weight is 130 g/mol. The van der Waals surface area contributed by atoms with Crippen molar-refractivity contribution in [3.8, 4) is 0 Å². The van der Waals surface area contributed by atoms with Gasteiger partial charge in [0, 0.05) is 5.57 Å². The zero-order valence-corrected chi connectivity index (χ0v) is 6.27. The molecular weight excluding hydrogens is 116 g/mol. The summed E-state index contributed by atoms with van der Waals surface area (Å²) in [5, 5.41) is 8.98. The third-order valence-corrected chi connectivity index (χ3v) is 1.18. The van der Waals surface area contributed by atoms with E-state index in [1.54, 1.807) is 0 Å². The number of hydrogen-bond donors (Lipinski definition) is 1. The summed E-state index contributed by atoms with van der Waals surface area (Å²) in [6, 6.07) is 0. The number of aliphatic hydroxyl groups excluding tert-OH is 1. The van der Waals surface area contributed by atoms with Gasteiger partial charge in [0.05, 0.1) is 6.61 Å². The van der Waals surface area contributed by atoms with Gasteiger partial charge in [0.15, 0.2) is 0 Å². The lowest BCUT2D eigenvalue weighted by Gasteiger charge is -2.02. The van der Waals surface area contributed by atoms with Gasteiger partial charge < -0.3 is 9.84 Å². The second kappa shape index (κ2) is 4.24. The van der Waals surface area contributed by atoms with Crippen molar-refractivity contribution in [2.75, 3.05) is 6.61 Å². The van der Waals surface area contributed by atoms with Crippen molar-refractivity contribution < 1.29 is 9.84 Å². The van der Waals surface area contributed by atoms with Crippen molar-refractivity contribution in [3.63, 3.8) is 0 Å². The minimum Gasteiger partial charge on any atom is -0.481 e. The molecule has 2 nitrogen and oxygen atoms in total. The predicted octanol–water partition coefficient (Wildman–Crippen LogP) is 2.22. The van der Waals surface area contributed by atoms with Crippen molar-refractivity contribution in [1.82, 2.24) is 0 Å². The Kier molecular flexibility index (Phi) is 3.93. The first kappa shape index (κ1) is 8.34. The van der Waals surface area contributed by atoms with Crippen molar-refractivity contribution >= 4 is 0 Å². The van der Waals surface area contributed by atoms with Crippen LogP contribution in [0.5, 0.6) is 0 Å². The Bertz CT molecular complexity index is 105. The lowest BCUT2D eigenvalue weighted by atomic mass is 10.2. The summed E-state index contributed by atoms with van der Waals surface area (Å²) in [5.41, 5.74) is 0.900. The predicted molar refractivity (Wildman–Crippen MR) is 37.2 cm³/mol. The molecule has 0 saturated carbocycles. The topological polar surface area (TPSA) is 29.5 Å². The highest BCUT2D eigenvalue weighted by molar-refractivity contribution is 4.96. The van der Waals surface area contributed by atoms with Gasteiger partial charge in [-0.15, -0.1) is 0 Å². The van der Waals surface area contributed by atoms with Crippen LogP contribution in [0.1, 0.15) is 27.2 Å². The van der Waals surface area contributed by atoms with Crippen LogP contribution in [-0.2, 0) is 4.74 Å². The van der Waals surface area contributed by atoms with Crippen LogP contribution < -0.4 is 0 Å². The largest absolute Gasteiger partial charge is 0.481 e. The van der Waals surface area contributed by atoms with Crippen LogP contribution in [0.2, 0.25) is 0 Å². The molecular formula is C7H14O2. The van der Waals surface area contributed by atoms with Crippen LogP contribution in [0, 0.1) is 0 Å². The molecule has 0 fully saturated rings. The van der Waals surface area contributed by atoms with E-state index in [1.165, 1.54) is 0 Å². The summed E-state index contributed by atoms with van der Waals surface area (Å²) in [5.74, 6) is 0.0833. The maximum absolute atomic E-state index is 8.98. The number of hydrogen-bond acceptors (Lipinski definition) is 2. The number of rotatable bonds is 3. The van der Waals surface area contributed by atoms with E-state index in [0.29, 0.717) is 6.61 Å². The molecule has 0 spiro atoms. The van der Waals surface area contributed by atoms with Crippen molar-refractivity contribution in [2.45, 2.75) is 27.2 Å². The van der Waals surface area contributed by atoms with E-state index in [-0.39, 0.29) is 5.95 Å². The molecule has 0 rings (SSSR count). The quantitative estimate of drug-likeness (QED) is 0.593. The van der Waals surface area contributed by atoms with Gasteiger partial charge in [0.2, 0.25) is 0 Å². The molecule has 1 N–H and O–H groups in total. The molecule has 0 saturated heterocycles. The molecule has 0 heterocycles. The second-order valence-electron chi connectivity index (χ2n) is 1.87. The summed E-state index contributed by atoms with van der Waals surface area (Å²) >= 11 is 0. The molecule has 0 bridgehead atoms. The van der Waals surface area contributed by atoms with E-state index in [2.05, 4.69) is 0 Å². The van der Waals surface area contributed by atoms with Crippen LogP contribution in [0.15, 0.2) is 11.5 Å². The van der Waals surface area contributed by atoms with Gasteiger partial charge in [0.1, 0.15) is 0 Å². The molecule has 0 unspecified atom stereocenters. The summed E-state index contributed by atoms with van der Waals surface area (Å²) < 4.78 is 4.83. The summed E-state index contributed by atoms with van der Waals surface area (Å²) in [6.45, 7) is 6.21. The molecule has 0 aliphatic heterocycles. The standard InChI is InChI=1S/C7H14O2/c1-4-6(3)7(8)9-5-2/h8H,4-5H2,1-3H3/b7-6+. The molecule has 0 atom stereocenters. The van der Waals surface area contributed by atoms with Gasteiger partial charge in [-0.25, -0.2) is 0 Å². The smallest absolute Gasteiger partial charge is 0.275 e. The second-order valence-corrected chi connectivity index (χ2v) is 1.87. The van der Waals surface area contributed by atoms with Gasteiger partial charge >= 0.3 is 0 Å². The molecule has 54 valence electrons. The summed E-state index contributed by atoms with van der Waals surface area (Å²) in [6.07, 6.45) is 0.839. The van der Waals surface area contributed by atoms with Crippen LogP contribution in [0.4, 0.5) is 0 Å². The molecule has 2 heteroatoms. The number of allylic oxidation sites excluding steroid dienone is 1. The van der Waals surface area contributed by atoms with Crippen molar-refractivity contribution in [2.24, 2.45) is 0 Å². The highest BCUT2D eigenvalue weighted by Gasteiger charge is 1.95. The van der Waals surface area contributed by atoms with Gasteiger partial charge in [-0.3, -0.25) is 0 Å². The van der Waals surface area contributed by atoms with Crippen molar-refractivity contribution in [3.05, 3.63) is 11.5 Å². The molecule has 0 aromatic heterocycles. The van der Waals surface area contributed by atoms with Crippen molar-refractivity contribution in [1.29, 1.82) is 0 Å². The average Bonchev–Trinajstić information content (AvgIpc) is 1.87. The lowest BCUT2D eigenvalue weighted by molar-refractivity contribution is 0.0971. The van der Waals surface area contributed by atoms with Gasteiger partial charge in [-0.2, -0.15) is 0 Å². The molecule has 0 aliphatic carbocycles. The highest BCUT2D eigenvalue weighted by Crippen LogP contribution is 2.04. The van der Waals surface area contributed by atoms with E-state index in [0.717, 1.165) is 12.0 Å². The van der Waals surface area contributed by atoms with Gasteiger partial charge in [-0.05, 0) is 20.3 Å². The third kappa shape index (κ3) is 3.01. The van der Waals surface area contributed by atoms with Crippen LogP contribution in [0.25, 0.3) is 0 Å². The lowest BCUT2D eigenvalue weighted by Crippen LogP contribution is -1.92. The fourth-order valence-corrected chi connectivity index (χ4v) is 0.411. The minimum absolute atomic E-state index is 0.0833. The molecule has 0 radical (unpaired) electrons. The minimum atomic E-state index is 0.0833. The van der Waals surface area contributed by atoms with Gasteiger partial charge in [0.25, 0.3) is 5.95 Å². The van der Waals surface area contributed by atoms with Gasteiger partial charge in [-0.1, -0.05) is 6.92 Å². The Morgan fingerprint density at radius 3 is 2.33 bits per heavy atom. The Morgan fingerprint density at radius 2 is 2.00 bits per heavy atom. The maximum Gasteiger partial charge on any atom is 0.275 e. The first-order valence-corrected chi connectivity index (χ1v) is 3.23. The fourth-order valence-electron chi connectivity index (χ4n) is 0.411.